The van der Waals surface area contributed by atoms with Crippen LogP contribution in [0.4, 0.5) is 4.39 Å². The molecule has 1 aromatic carbocycles. The summed E-state index contributed by atoms with van der Waals surface area (Å²) in [7, 11) is 0. The van der Waals surface area contributed by atoms with Gasteiger partial charge < -0.3 is 36.1 Å². The van der Waals surface area contributed by atoms with E-state index in [0.29, 0.717) is 51.8 Å². The zero-order valence-electron chi connectivity index (χ0n) is 26.7. The number of halogens is 1. The summed E-state index contributed by atoms with van der Waals surface area (Å²) in [6.07, 6.45) is 0.846. The lowest BCUT2D eigenvalue weighted by Gasteiger charge is -2.31. The van der Waals surface area contributed by atoms with Crippen LogP contribution < -0.4 is 27.2 Å². The summed E-state index contributed by atoms with van der Waals surface area (Å²) in [4.78, 5) is 69.4. The Balaban J connectivity index is 1.40. The molecule has 14 heteroatoms. The molecule has 5 atom stereocenters. The van der Waals surface area contributed by atoms with Crippen LogP contribution in [-0.4, -0.2) is 56.5 Å². The minimum atomic E-state index is -2.01. The number of aliphatic hydroxyl groups is 1. The minimum absolute atomic E-state index is 0.0149. The molecule has 1 aliphatic carbocycles. The number of hydrogen-bond acceptors (Lipinski definition) is 9. The van der Waals surface area contributed by atoms with Crippen LogP contribution in [0.25, 0.3) is 22.3 Å². The number of benzene rings is 1. The molecule has 0 saturated carbocycles. The fourth-order valence-electron chi connectivity index (χ4n) is 6.81. The number of aryl methyl sites for hydroxylation is 1. The zero-order valence-corrected chi connectivity index (χ0v) is 26.7. The predicted octanol–water partition coefficient (Wildman–Crippen LogP) is 0.987. The fourth-order valence-corrected chi connectivity index (χ4v) is 6.81. The summed E-state index contributed by atoms with van der Waals surface area (Å²) in [5.74, 6) is -2.83. The van der Waals surface area contributed by atoms with Gasteiger partial charge in [0.05, 0.1) is 41.1 Å². The maximum absolute atomic E-state index is 15.2. The molecular formula is C33H37FN6O7. The Morgan fingerprint density at radius 2 is 1.79 bits per heavy atom. The summed E-state index contributed by atoms with van der Waals surface area (Å²) >= 11 is 0. The van der Waals surface area contributed by atoms with Gasteiger partial charge in [0.15, 0.2) is 5.60 Å². The molecular weight excluding hydrogens is 611 g/mol. The van der Waals surface area contributed by atoms with Crippen molar-refractivity contribution < 1.29 is 33.4 Å². The van der Waals surface area contributed by atoms with Crippen molar-refractivity contribution in [1.82, 2.24) is 25.5 Å². The van der Waals surface area contributed by atoms with Crippen molar-refractivity contribution in [2.45, 2.75) is 96.8 Å². The van der Waals surface area contributed by atoms with Crippen molar-refractivity contribution in [3.63, 3.8) is 0 Å². The Hall–Kier alpha value is -4.69. The Morgan fingerprint density at radius 1 is 1.11 bits per heavy atom. The van der Waals surface area contributed by atoms with Gasteiger partial charge in [-0.3, -0.25) is 19.2 Å². The molecule has 0 radical (unpaired) electrons. The number of hydrogen-bond donors (Lipinski definition) is 5. The average molecular weight is 649 g/mol. The molecule has 6 N–H and O–H groups in total. The number of ether oxygens (including phenoxy) is 1. The van der Waals surface area contributed by atoms with Crippen molar-refractivity contribution in [3.8, 4) is 11.4 Å². The van der Waals surface area contributed by atoms with E-state index in [-0.39, 0.29) is 30.7 Å². The van der Waals surface area contributed by atoms with E-state index in [1.807, 2.05) is 0 Å². The highest BCUT2D eigenvalue weighted by molar-refractivity contribution is 5.95. The molecule has 6 rings (SSSR count). The smallest absolute Gasteiger partial charge is 0.343 e. The highest BCUT2D eigenvalue weighted by Crippen LogP contribution is 2.46. The fraction of sp³-hybridized carbons (Fsp3) is 0.455. The molecule has 248 valence electrons. The number of cyclic esters (lactones) is 1. The van der Waals surface area contributed by atoms with E-state index < -0.39 is 64.8 Å². The van der Waals surface area contributed by atoms with Gasteiger partial charge in [-0.15, -0.1) is 0 Å². The average Bonchev–Trinajstić information content (AvgIpc) is 3.40. The number of nitrogens with zero attached hydrogens (tertiary/aromatic N) is 2. The third kappa shape index (κ3) is 5.06. The Labute approximate surface area is 269 Å². The molecule has 0 spiro atoms. The summed E-state index contributed by atoms with van der Waals surface area (Å²) in [5.41, 5.74) is 7.14. The molecule has 3 aromatic rings. The molecule has 3 aliphatic rings. The number of pyridine rings is 2. The number of fused-ring (bicyclic) bond motifs is 5. The quantitative estimate of drug-likeness (QED) is 0.182. The molecule has 0 unspecified atom stereocenters. The summed E-state index contributed by atoms with van der Waals surface area (Å²) in [6, 6.07) is -0.372. The molecule has 13 nitrogen and oxygen atoms in total. The van der Waals surface area contributed by atoms with Gasteiger partial charge in [0, 0.05) is 22.6 Å². The van der Waals surface area contributed by atoms with Crippen LogP contribution in [0.3, 0.4) is 0 Å². The highest BCUT2D eigenvalue weighted by Gasteiger charge is 2.46. The second-order valence-electron chi connectivity index (χ2n) is 12.7. The van der Waals surface area contributed by atoms with E-state index >= 15 is 4.39 Å². The Bertz CT molecular complexity index is 1960. The molecule has 2 aromatic heterocycles. The first kappa shape index (κ1) is 32.3. The van der Waals surface area contributed by atoms with Crippen LogP contribution in [0.1, 0.15) is 80.0 Å². The lowest BCUT2D eigenvalue weighted by Crippen LogP contribution is -2.53. The van der Waals surface area contributed by atoms with Gasteiger partial charge in [-0.1, -0.05) is 6.92 Å². The van der Waals surface area contributed by atoms with Crippen LogP contribution in [0.5, 0.6) is 0 Å². The number of rotatable bonds is 7. The van der Waals surface area contributed by atoms with Gasteiger partial charge in [0.25, 0.3) is 5.56 Å². The van der Waals surface area contributed by atoms with Crippen LogP contribution in [0.2, 0.25) is 0 Å². The summed E-state index contributed by atoms with van der Waals surface area (Å²) in [5, 5.41) is 20.1. The maximum atomic E-state index is 15.2. The Morgan fingerprint density at radius 3 is 2.47 bits per heavy atom. The zero-order chi connectivity index (χ0) is 34.1. The molecule has 4 heterocycles. The topological polar surface area (TPSA) is 195 Å². The van der Waals surface area contributed by atoms with Crippen molar-refractivity contribution in [2.75, 3.05) is 0 Å². The molecule has 0 saturated heterocycles. The van der Waals surface area contributed by atoms with Crippen molar-refractivity contribution >= 4 is 34.6 Å². The van der Waals surface area contributed by atoms with E-state index in [4.69, 9.17) is 15.5 Å². The first-order valence-corrected chi connectivity index (χ1v) is 15.7. The van der Waals surface area contributed by atoms with Crippen molar-refractivity contribution in [3.05, 3.63) is 61.7 Å². The van der Waals surface area contributed by atoms with Gasteiger partial charge >= 0.3 is 5.97 Å². The summed E-state index contributed by atoms with van der Waals surface area (Å²) in [6.45, 7) is 7.62. The standard InChI is InChI=1S/C33H37FN6O7/c1-6-33(46)20-9-24-27-18(11-40(24)31(44)19(20)12-47-32(33)45)26-22(8-7-17-13(2)21(34)10-23(38-27)25(17)26)39-30(43)16(5)37-29(42)15(4)36-28(41)14(3)35/h9-10,14-16,22,46H,6-8,11-12,35H2,1-5H3,(H,36,41)(H,37,42)(H,39,43)/t14-,15-,16-,22-,33-/m0/s1. The highest BCUT2D eigenvalue weighted by atomic mass is 19.1. The third-order valence-electron chi connectivity index (χ3n) is 9.61. The van der Waals surface area contributed by atoms with Crippen LogP contribution in [0, 0.1) is 12.7 Å². The lowest BCUT2D eigenvalue weighted by atomic mass is 9.81. The third-order valence-corrected chi connectivity index (χ3v) is 9.61. The number of carbonyl (C=O) groups excluding carboxylic acids is 4. The van der Waals surface area contributed by atoms with Crippen LogP contribution >= 0.6 is 0 Å². The predicted molar refractivity (Wildman–Crippen MR) is 167 cm³/mol. The van der Waals surface area contributed by atoms with Crippen molar-refractivity contribution in [2.24, 2.45) is 5.73 Å². The SMILES string of the molecule is CC[C@@]1(O)C(=O)OCc2c1cc1n(c2=O)Cc2c-1nc1cc(F)c(C)c3c1c2[C@@H](NC(=O)[C@H](C)NC(=O)[C@H](C)NC(=O)[C@H](C)N)CC3. The van der Waals surface area contributed by atoms with Crippen LogP contribution in [-0.2, 0) is 49.1 Å². The normalized spacial score (nSPS) is 21.1. The van der Waals surface area contributed by atoms with E-state index in [1.54, 1.807) is 19.9 Å². The minimum Gasteiger partial charge on any atom is -0.458 e. The maximum Gasteiger partial charge on any atom is 0.343 e. The van der Waals surface area contributed by atoms with Gasteiger partial charge in [-0.25, -0.2) is 14.2 Å². The number of nitrogens with two attached hydrogens (primary N) is 1. The number of esters is 1. The van der Waals surface area contributed by atoms with E-state index in [0.717, 1.165) is 5.56 Å². The second-order valence-corrected chi connectivity index (χ2v) is 12.7. The Kier molecular flexibility index (Phi) is 7.91. The monoisotopic (exact) mass is 648 g/mol. The molecule has 0 bridgehead atoms. The second kappa shape index (κ2) is 11.5. The van der Waals surface area contributed by atoms with Gasteiger partial charge in [0.1, 0.15) is 24.5 Å². The van der Waals surface area contributed by atoms with Gasteiger partial charge in [-0.05, 0) is 69.7 Å². The number of amides is 3. The van der Waals surface area contributed by atoms with Crippen molar-refractivity contribution in [1.29, 1.82) is 0 Å². The molecule has 3 amide bonds. The first-order chi connectivity index (χ1) is 22.2. The summed E-state index contributed by atoms with van der Waals surface area (Å²) < 4.78 is 21.9. The van der Waals surface area contributed by atoms with E-state index in [9.17, 15) is 29.1 Å². The molecule has 2 aliphatic heterocycles. The molecule has 47 heavy (non-hydrogen) atoms. The number of aromatic nitrogens is 2. The van der Waals surface area contributed by atoms with E-state index in [1.165, 1.54) is 31.4 Å². The first-order valence-electron chi connectivity index (χ1n) is 15.7. The van der Waals surface area contributed by atoms with Gasteiger partial charge in [0.2, 0.25) is 17.7 Å². The lowest BCUT2D eigenvalue weighted by molar-refractivity contribution is -0.172. The van der Waals surface area contributed by atoms with E-state index in [2.05, 4.69) is 16.0 Å². The van der Waals surface area contributed by atoms with Gasteiger partial charge in [-0.2, -0.15) is 0 Å². The number of nitrogens with one attached hydrogen (secondary N) is 3. The number of carbonyl (C=O) groups is 4. The largest absolute Gasteiger partial charge is 0.458 e. The van der Waals surface area contributed by atoms with Crippen LogP contribution in [0.15, 0.2) is 16.9 Å². The molecule has 0 fully saturated rings.